The van der Waals surface area contributed by atoms with Gasteiger partial charge in [-0.25, -0.2) is 9.69 Å². The summed E-state index contributed by atoms with van der Waals surface area (Å²) in [5, 5.41) is 43.0. The first kappa shape index (κ1) is 29.3. The number of aromatic nitrogens is 2. The van der Waals surface area contributed by atoms with Crippen molar-refractivity contribution in [2.75, 3.05) is 0 Å². The van der Waals surface area contributed by atoms with Crippen molar-refractivity contribution < 1.29 is 0 Å². The molecule has 8 aromatic rings. The highest BCUT2D eigenvalue weighted by Gasteiger charge is 2.20. The molecule has 2 aromatic heterocycles. The molecule has 2 heterocycles. The van der Waals surface area contributed by atoms with Gasteiger partial charge in [-0.15, -0.1) is 0 Å². The number of nitrogens with zero attached hydrogens (tertiary/aromatic N) is 8. The maximum absolute atomic E-state index is 10.3. The first-order chi connectivity index (χ1) is 24.5. The first-order valence-corrected chi connectivity index (χ1v) is 15.3. The van der Waals surface area contributed by atoms with Crippen molar-refractivity contribution in [3.8, 4) is 46.8 Å². The Morgan fingerprint density at radius 1 is 0.420 bits per heavy atom. The zero-order chi connectivity index (χ0) is 34.5. The van der Waals surface area contributed by atoms with Gasteiger partial charge in [0, 0.05) is 10.8 Å². The highest BCUT2D eigenvalue weighted by molar-refractivity contribution is 6.12. The molecule has 8 heteroatoms. The van der Waals surface area contributed by atoms with Crippen LogP contribution in [-0.2, 0) is 0 Å². The van der Waals surface area contributed by atoms with E-state index in [-0.39, 0.29) is 0 Å². The fourth-order valence-corrected chi connectivity index (χ4v) is 6.80. The van der Waals surface area contributed by atoms with Crippen LogP contribution in [0, 0.1) is 58.5 Å². The molecule has 0 bridgehead atoms. The van der Waals surface area contributed by atoms with Crippen LogP contribution >= 0.6 is 0 Å². The fraction of sp³-hybridized carbons (Fsp3) is 0. The third-order valence-corrected chi connectivity index (χ3v) is 9.07. The van der Waals surface area contributed by atoms with E-state index in [2.05, 4.69) is 34.0 Å². The van der Waals surface area contributed by atoms with E-state index in [1.165, 1.54) is 0 Å². The van der Waals surface area contributed by atoms with Crippen LogP contribution in [-0.4, -0.2) is 9.13 Å². The Morgan fingerprint density at radius 3 is 1.16 bits per heavy atom. The summed E-state index contributed by atoms with van der Waals surface area (Å²) >= 11 is 0. The Hall–Kier alpha value is -8.14. The van der Waals surface area contributed by atoms with Gasteiger partial charge in [-0.3, -0.25) is 0 Å². The molecule has 0 amide bonds. The summed E-state index contributed by atoms with van der Waals surface area (Å²) in [5.41, 5.74) is 8.80. The van der Waals surface area contributed by atoms with Gasteiger partial charge in [-0.05, 0) is 107 Å². The van der Waals surface area contributed by atoms with E-state index in [1.54, 1.807) is 48.5 Å². The zero-order valence-electron chi connectivity index (χ0n) is 26.0. The highest BCUT2D eigenvalue weighted by atomic mass is 15.0. The minimum Gasteiger partial charge on any atom is -0.308 e. The number of nitriles is 4. The average molecular weight is 635 g/mol. The van der Waals surface area contributed by atoms with Crippen molar-refractivity contribution >= 4 is 55.0 Å². The van der Waals surface area contributed by atoms with Gasteiger partial charge in [0.2, 0.25) is 0 Å². The zero-order valence-corrected chi connectivity index (χ0v) is 26.0. The SMILES string of the molecule is [C-]#[N+]c1ccc2c(c1)c1cc([N+]#[C-])ccc1n2-c1cc(-c2ccc(C#N)c(-n3c4ccc(C#N)cc4c4cc(C#N)ccc43)c2)ccc1C#N. The van der Waals surface area contributed by atoms with Gasteiger partial charge in [0.1, 0.15) is 12.1 Å². The van der Waals surface area contributed by atoms with Gasteiger partial charge in [0.05, 0.1) is 81.0 Å². The third kappa shape index (κ3) is 4.33. The molecule has 6 aromatic carbocycles. The molecule has 0 aliphatic carbocycles. The smallest absolute Gasteiger partial charge is 0.188 e. The van der Waals surface area contributed by atoms with Crippen molar-refractivity contribution in [3.05, 3.63) is 154 Å². The van der Waals surface area contributed by atoms with E-state index in [0.29, 0.717) is 45.0 Å². The van der Waals surface area contributed by atoms with Crippen molar-refractivity contribution in [1.82, 2.24) is 9.13 Å². The summed E-state index contributed by atoms with van der Waals surface area (Å²) in [4.78, 5) is 7.23. The highest BCUT2D eigenvalue weighted by Crippen LogP contribution is 2.39. The molecule has 0 unspecified atom stereocenters. The van der Waals surface area contributed by atoms with E-state index >= 15 is 0 Å². The largest absolute Gasteiger partial charge is 0.308 e. The van der Waals surface area contributed by atoms with Crippen molar-refractivity contribution in [1.29, 1.82) is 21.0 Å². The Balaban J connectivity index is 1.39. The van der Waals surface area contributed by atoms with Crippen LogP contribution in [0.4, 0.5) is 11.4 Å². The standard InChI is InChI=1S/C42H18N8/c1-47-31-9-13-39-35(19-31)36-20-32(48-2)10-14-40(36)50(39)42-18-28(6-8-30(42)24-46)27-5-7-29(23-45)41(17-27)49-37-11-3-25(21-43)15-33(37)34-16-26(22-44)4-12-38(34)49/h3-20H. The van der Waals surface area contributed by atoms with Crippen LogP contribution in [0.25, 0.3) is 75.8 Å². The van der Waals surface area contributed by atoms with Crippen molar-refractivity contribution in [2.45, 2.75) is 0 Å². The summed E-state index contributed by atoms with van der Waals surface area (Å²) in [7, 11) is 0. The maximum Gasteiger partial charge on any atom is 0.188 e. The second-order valence-corrected chi connectivity index (χ2v) is 11.7. The number of fused-ring (bicyclic) bond motifs is 6. The Bertz CT molecular complexity index is 2710. The van der Waals surface area contributed by atoms with Crippen LogP contribution in [0.15, 0.2) is 109 Å². The number of benzene rings is 6. The lowest BCUT2D eigenvalue weighted by Gasteiger charge is -2.15. The quantitative estimate of drug-likeness (QED) is 0.180. The molecule has 50 heavy (non-hydrogen) atoms. The van der Waals surface area contributed by atoms with Gasteiger partial charge < -0.3 is 9.13 Å². The van der Waals surface area contributed by atoms with Crippen LogP contribution in [0.5, 0.6) is 0 Å². The molecule has 0 spiro atoms. The molecule has 0 atom stereocenters. The summed E-state index contributed by atoms with van der Waals surface area (Å²) in [6.45, 7) is 15.1. The van der Waals surface area contributed by atoms with Gasteiger partial charge in [0.25, 0.3) is 0 Å². The van der Waals surface area contributed by atoms with Gasteiger partial charge in [0.15, 0.2) is 11.4 Å². The van der Waals surface area contributed by atoms with Crippen LogP contribution in [0.2, 0.25) is 0 Å². The molecule has 8 nitrogen and oxygen atoms in total. The van der Waals surface area contributed by atoms with Crippen LogP contribution in [0.3, 0.4) is 0 Å². The second-order valence-electron chi connectivity index (χ2n) is 11.7. The Morgan fingerprint density at radius 2 is 0.800 bits per heavy atom. The molecule has 0 N–H and O–H groups in total. The molecule has 0 fully saturated rings. The van der Waals surface area contributed by atoms with E-state index in [4.69, 9.17) is 13.1 Å². The maximum atomic E-state index is 10.3. The predicted octanol–water partition coefficient (Wildman–Crippen LogP) is 10.1. The topological polar surface area (TPSA) is 114 Å². The van der Waals surface area contributed by atoms with E-state index in [1.807, 2.05) is 69.8 Å². The lowest BCUT2D eigenvalue weighted by molar-refractivity contribution is 1.16. The fourth-order valence-electron chi connectivity index (χ4n) is 6.80. The van der Waals surface area contributed by atoms with Crippen LogP contribution in [0.1, 0.15) is 22.3 Å². The molecular weight excluding hydrogens is 617 g/mol. The average Bonchev–Trinajstić information content (AvgIpc) is 3.67. The van der Waals surface area contributed by atoms with E-state index in [9.17, 15) is 21.0 Å². The number of rotatable bonds is 3. The van der Waals surface area contributed by atoms with Gasteiger partial charge >= 0.3 is 0 Å². The lowest BCUT2D eigenvalue weighted by atomic mass is 9.99. The number of hydrogen-bond donors (Lipinski definition) is 0. The van der Waals surface area contributed by atoms with E-state index < -0.39 is 0 Å². The molecule has 0 aliphatic heterocycles. The summed E-state index contributed by atoms with van der Waals surface area (Å²) < 4.78 is 3.97. The monoisotopic (exact) mass is 634 g/mol. The molecule has 8 rings (SSSR count). The second kappa shape index (κ2) is 11.3. The number of hydrogen-bond acceptors (Lipinski definition) is 4. The minimum absolute atomic E-state index is 0.434. The molecule has 0 saturated carbocycles. The van der Waals surface area contributed by atoms with Crippen molar-refractivity contribution in [3.63, 3.8) is 0 Å². The first-order valence-electron chi connectivity index (χ1n) is 15.3. The molecular formula is C42H18N8. The van der Waals surface area contributed by atoms with Gasteiger partial charge in [-0.1, -0.05) is 24.3 Å². The van der Waals surface area contributed by atoms with E-state index in [0.717, 1.165) is 54.7 Å². The Labute approximate surface area is 285 Å². The van der Waals surface area contributed by atoms with Crippen molar-refractivity contribution in [2.24, 2.45) is 0 Å². The lowest BCUT2D eigenvalue weighted by Crippen LogP contribution is -2.00. The predicted molar refractivity (Wildman–Crippen MR) is 192 cm³/mol. The van der Waals surface area contributed by atoms with Gasteiger partial charge in [-0.2, -0.15) is 21.0 Å². The molecule has 0 radical (unpaired) electrons. The minimum atomic E-state index is 0.434. The Kier molecular flexibility index (Phi) is 6.60. The molecule has 226 valence electrons. The molecule has 0 aliphatic rings. The summed E-state index contributed by atoms with van der Waals surface area (Å²) in [6.07, 6.45) is 0. The summed E-state index contributed by atoms with van der Waals surface area (Å²) in [6, 6.07) is 41.9. The normalized spacial score (nSPS) is 10.7. The third-order valence-electron chi connectivity index (χ3n) is 9.07. The van der Waals surface area contributed by atoms with Crippen LogP contribution < -0.4 is 0 Å². The summed E-state index contributed by atoms with van der Waals surface area (Å²) in [5.74, 6) is 0. The molecule has 0 saturated heterocycles.